The standard InChI is InChI=1S/C28H30N2O4/c1-19(2)20-9-13-23(14-10-20)28(3)26(32)30(27(33)29-28)17-24(31)18-34-25-15-11-22(12-16-25)21-7-5-4-6-8-21/h4-16,19,24,31H,17-18H2,1-3H3,(H,29,33). The van der Waals surface area contributed by atoms with E-state index in [0.29, 0.717) is 17.2 Å². The van der Waals surface area contributed by atoms with Gasteiger partial charge in [-0.3, -0.25) is 9.69 Å². The molecule has 3 aromatic rings. The average Bonchev–Trinajstić information content (AvgIpc) is 3.07. The van der Waals surface area contributed by atoms with E-state index in [2.05, 4.69) is 19.2 Å². The van der Waals surface area contributed by atoms with Gasteiger partial charge in [0, 0.05) is 0 Å². The van der Waals surface area contributed by atoms with Crippen LogP contribution in [0.3, 0.4) is 0 Å². The number of aliphatic hydroxyl groups is 1. The molecule has 34 heavy (non-hydrogen) atoms. The average molecular weight is 459 g/mol. The number of aliphatic hydroxyl groups excluding tert-OH is 1. The number of β-amino-alcohol motifs (C(OH)–C–C–N with tert-alkyl or cyclic N) is 1. The van der Waals surface area contributed by atoms with E-state index < -0.39 is 17.7 Å². The van der Waals surface area contributed by atoms with Crippen molar-refractivity contribution in [3.05, 3.63) is 90.0 Å². The molecular formula is C28H30N2O4. The van der Waals surface area contributed by atoms with E-state index in [0.717, 1.165) is 21.6 Å². The zero-order valence-electron chi connectivity index (χ0n) is 19.7. The Bertz CT molecular complexity index is 1140. The van der Waals surface area contributed by atoms with Crippen LogP contribution in [-0.2, 0) is 10.3 Å². The fourth-order valence-electron chi connectivity index (χ4n) is 4.09. The summed E-state index contributed by atoms with van der Waals surface area (Å²) < 4.78 is 5.69. The number of imide groups is 1. The molecule has 1 aliphatic heterocycles. The molecule has 6 nitrogen and oxygen atoms in total. The Labute approximate surface area is 200 Å². The Kier molecular flexibility index (Phi) is 6.70. The lowest BCUT2D eigenvalue weighted by Gasteiger charge is -2.23. The van der Waals surface area contributed by atoms with Crippen molar-refractivity contribution in [3.63, 3.8) is 0 Å². The number of nitrogens with one attached hydrogen (secondary N) is 1. The van der Waals surface area contributed by atoms with Crippen LogP contribution in [-0.4, -0.2) is 41.2 Å². The number of carbonyl (C=O) groups excluding carboxylic acids is 2. The van der Waals surface area contributed by atoms with Gasteiger partial charge in [0.15, 0.2) is 0 Å². The maximum atomic E-state index is 13.1. The van der Waals surface area contributed by atoms with Gasteiger partial charge in [0.25, 0.3) is 5.91 Å². The minimum Gasteiger partial charge on any atom is -0.491 e. The van der Waals surface area contributed by atoms with Crippen molar-refractivity contribution in [1.82, 2.24) is 10.2 Å². The lowest BCUT2D eigenvalue weighted by molar-refractivity contribution is -0.132. The summed E-state index contributed by atoms with van der Waals surface area (Å²) in [5.74, 6) is 0.587. The van der Waals surface area contributed by atoms with Crippen LogP contribution in [0.5, 0.6) is 5.75 Å². The number of ether oxygens (including phenoxy) is 1. The van der Waals surface area contributed by atoms with Gasteiger partial charge >= 0.3 is 6.03 Å². The van der Waals surface area contributed by atoms with Crippen LogP contribution in [0, 0.1) is 0 Å². The van der Waals surface area contributed by atoms with Crippen LogP contribution in [0.1, 0.15) is 37.8 Å². The summed E-state index contributed by atoms with van der Waals surface area (Å²) in [5, 5.41) is 13.3. The quantitative estimate of drug-likeness (QED) is 0.480. The van der Waals surface area contributed by atoms with Crippen LogP contribution in [0.25, 0.3) is 11.1 Å². The number of nitrogens with zero attached hydrogens (tertiary/aromatic N) is 1. The lowest BCUT2D eigenvalue weighted by Crippen LogP contribution is -2.42. The Morgan fingerprint density at radius 1 is 0.912 bits per heavy atom. The van der Waals surface area contributed by atoms with Crippen molar-refractivity contribution in [2.24, 2.45) is 0 Å². The molecule has 0 spiro atoms. The minimum atomic E-state index is -1.17. The monoisotopic (exact) mass is 458 g/mol. The molecule has 1 aliphatic rings. The van der Waals surface area contributed by atoms with Crippen molar-refractivity contribution >= 4 is 11.9 Å². The van der Waals surface area contributed by atoms with Crippen LogP contribution < -0.4 is 10.1 Å². The molecule has 1 heterocycles. The molecule has 4 rings (SSSR count). The van der Waals surface area contributed by atoms with E-state index >= 15 is 0 Å². The molecule has 0 saturated carbocycles. The van der Waals surface area contributed by atoms with Gasteiger partial charge in [0.2, 0.25) is 0 Å². The summed E-state index contributed by atoms with van der Waals surface area (Å²) >= 11 is 0. The zero-order chi connectivity index (χ0) is 24.3. The topological polar surface area (TPSA) is 78.9 Å². The number of rotatable bonds is 8. The van der Waals surface area contributed by atoms with Crippen molar-refractivity contribution in [2.75, 3.05) is 13.2 Å². The van der Waals surface area contributed by atoms with E-state index in [4.69, 9.17) is 4.74 Å². The summed E-state index contributed by atoms with van der Waals surface area (Å²) in [6, 6.07) is 24.7. The molecule has 2 unspecified atom stereocenters. The maximum absolute atomic E-state index is 13.1. The Morgan fingerprint density at radius 2 is 1.53 bits per heavy atom. The number of amides is 3. The van der Waals surface area contributed by atoms with Gasteiger partial charge in [-0.1, -0.05) is 80.6 Å². The number of carbonyl (C=O) groups is 2. The van der Waals surface area contributed by atoms with Crippen molar-refractivity contribution < 1.29 is 19.4 Å². The second-order valence-electron chi connectivity index (χ2n) is 9.10. The van der Waals surface area contributed by atoms with Gasteiger partial charge in [-0.2, -0.15) is 0 Å². The number of hydrogen-bond acceptors (Lipinski definition) is 4. The van der Waals surface area contributed by atoms with E-state index in [1.807, 2.05) is 78.9 Å². The highest BCUT2D eigenvalue weighted by Gasteiger charge is 2.49. The molecule has 3 aromatic carbocycles. The first-order valence-electron chi connectivity index (χ1n) is 11.5. The predicted molar refractivity (Wildman–Crippen MR) is 132 cm³/mol. The second-order valence-corrected chi connectivity index (χ2v) is 9.10. The van der Waals surface area contributed by atoms with Gasteiger partial charge in [-0.25, -0.2) is 4.79 Å². The largest absolute Gasteiger partial charge is 0.491 e. The molecule has 2 N–H and O–H groups in total. The number of urea groups is 1. The summed E-state index contributed by atoms with van der Waals surface area (Å²) in [4.78, 5) is 26.8. The third-order valence-corrected chi connectivity index (χ3v) is 6.23. The highest BCUT2D eigenvalue weighted by atomic mass is 16.5. The maximum Gasteiger partial charge on any atom is 0.325 e. The third kappa shape index (κ3) is 4.82. The molecule has 0 radical (unpaired) electrons. The first-order valence-corrected chi connectivity index (χ1v) is 11.5. The van der Waals surface area contributed by atoms with Gasteiger partial charge in [-0.05, 0) is 47.2 Å². The van der Waals surface area contributed by atoms with Crippen molar-refractivity contribution in [1.29, 1.82) is 0 Å². The van der Waals surface area contributed by atoms with Gasteiger partial charge in [0.05, 0.1) is 6.54 Å². The summed E-state index contributed by atoms with van der Waals surface area (Å²) in [7, 11) is 0. The van der Waals surface area contributed by atoms with Crippen LogP contribution in [0.2, 0.25) is 0 Å². The zero-order valence-corrected chi connectivity index (χ0v) is 19.7. The SMILES string of the molecule is CC(C)c1ccc(C2(C)NC(=O)N(CC(O)COc3ccc(-c4ccccc4)cc3)C2=O)cc1. The fourth-order valence-corrected chi connectivity index (χ4v) is 4.09. The van der Waals surface area contributed by atoms with Crippen molar-refractivity contribution in [2.45, 2.75) is 38.3 Å². The molecule has 1 saturated heterocycles. The van der Waals surface area contributed by atoms with E-state index in [9.17, 15) is 14.7 Å². The van der Waals surface area contributed by atoms with Gasteiger partial charge < -0.3 is 15.2 Å². The van der Waals surface area contributed by atoms with E-state index in [1.165, 1.54) is 0 Å². The molecule has 0 aliphatic carbocycles. The third-order valence-electron chi connectivity index (χ3n) is 6.23. The summed E-state index contributed by atoms with van der Waals surface area (Å²) in [6.07, 6.45) is -1.02. The molecule has 2 atom stereocenters. The van der Waals surface area contributed by atoms with Crippen molar-refractivity contribution in [3.8, 4) is 16.9 Å². The van der Waals surface area contributed by atoms with Crippen LogP contribution >= 0.6 is 0 Å². The second kappa shape index (κ2) is 9.69. The van der Waals surface area contributed by atoms with Crippen LogP contribution in [0.15, 0.2) is 78.9 Å². The first-order chi connectivity index (χ1) is 16.3. The highest BCUT2D eigenvalue weighted by molar-refractivity contribution is 6.07. The smallest absolute Gasteiger partial charge is 0.325 e. The molecular weight excluding hydrogens is 428 g/mol. The van der Waals surface area contributed by atoms with E-state index in [1.54, 1.807) is 6.92 Å². The highest BCUT2D eigenvalue weighted by Crippen LogP contribution is 2.30. The Balaban J connectivity index is 1.36. The number of hydrogen-bond donors (Lipinski definition) is 2. The molecule has 1 fully saturated rings. The number of benzene rings is 3. The lowest BCUT2D eigenvalue weighted by atomic mass is 9.90. The van der Waals surface area contributed by atoms with Crippen LogP contribution in [0.4, 0.5) is 4.79 Å². The van der Waals surface area contributed by atoms with Gasteiger partial charge in [-0.15, -0.1) is 0 Å². The Hall–Kier alpha value is -3.64. The van der Waals surface area contributed by atoms with E-state index in [-0.39, 0.29) is 19.1 Å². The molecule has 0 bridgehead atoms. The first kappa shape index (κ1) is 23.5. The van der Waals surface area contributed by atoms with Gasteiger partial charge in [0.1, 0.15) is 24.0 Å². The fraction of sp³-hybridized carbons (Fsp3) is 0.286. The molecule has 3 amide bonds. The molecule has 6 heteroatoms. The normalized spacial score (nSPS) is 18.8. The molecule has 0 aromatic heterocycles. The Morgan fingerprint density at radius 3 is 2.15 bits per heavy atom. The summed E-state index contributed by atoms with van der Waals surface area (Å²) in [5.41, 5.74) is 2.87. The predicted octanol–water partition coefficient (Wildman–Crippen LogP) is 4.68. The molecule has 176 valence electrons. The summed E-state index contributed by atoms with van der Waals surface area (Å²) in [6.45, 7) is 5.70. The minimum absolute atomic E-state index is 0.0401.